The quantitative estimate of drug-likeness (QED) is 0.636. The molecule has 0 fully saturated rings. The van der Waals surface area contributed by atoms with Gasteiger partial charge in [0, 0.05) is 32.4 Å². The van der Waals surface area contributed by atoms with Crippen molar-refractivity contribution in [3.8, 4) is 0 Å². The molecule has 0 atom stereocenters. The van der Waals surface area contributed by atoms with Gasteiger partial charge in [-0.25, -0.2) is 0 Å². The second-order valence-electron chi connectivity index (χ2n) is 2.85. The van der Waals surface area contributed by atoms with E-state index in [0.717, 1.165) is 23.3 Å². The molecule has 0 unspecified atom stereocenters. The minimum absolute atomic E-state index is 0.649. The van der Waals surface area contributed by atoms with Crippen LogP contribution in [0.2, 0.25) is 0 Å². The van der Waals surface area contributed by atoms with Crippen LogP contribution in [0.1, 0.15) is 10.4 Å². The van der Waals surface area contributed by atoms with Crippen LogP contribution in [0.15, 0.2) is 12.1 Å². The Morgan fingerprint density at radius 1 is 0.929 bits per heavy atom. The topological polar surface area (TPSA) is 53.2 Å². The Kier molecular flexibility index (Phi) is 3.34. The molecule has 0 aliphatic rings. The van der Waals surface area contributed by atoms with Crippen molar-refractivity contribution < 1.29 is 4.79 Å². The number of rotatable bonds is 4. The first-order chi connectivity index (χ1) is 6.76. The molecule has 0 radical (unpaired) electrons. The van der Waals surface area contributed by atoms with Gasteiger partial charge < -0.3 is 16.0 Å². The molecular formula is C10H15N3O. The third kappa shape index (κ3) is 1.79. The molecule has 3 N–H and O–H groups in total. The minimum Gasteiger partial charge on any atom is -0.387 e. The Bertz CT molecular complexity index is 336. The van der Waals surface area contributed by atoms with Crippen molar-refractivity contribution in [3.63, 3.8) is 0 Å². The van der Waals surface area contributed by atoms with E-state index in [1.807, 2.05) is 26.2 Å². The SMILES string of the molecule is CNc1cc(NC)c(NC)cc1C=O. The summed E-state index contributed by atoms with van der Waals surface area (Å²) in [6.45, 7) is 0. The van der Waals surface area contributed by atoms with Gasteiger partial charge in [-0.3, -0.25) is 4.79 Å². The lowest BCUT2D eigenvalue weighted by atomic mass is 10.1. The van der Waals surface area contributed by atoms with E-state index in [4.69, 9.17) is 0 Å². The van der Waals surface area contributed by atoms with Crippen molar-refractivity contribution in [1.82, 2.24) is 0 Å². The van der Waals surface area contributed by atoms with Crippen LogP contribution in [0.5, 0.6) is 0 Å². The molecular weight excluding hydrogens is 178 g/mol. The molecule has 4 heteroatoms. The fourth-order valence-electron chi connectivity index (χ4n) is 1.34. The van der Waals surface area contributed by atoms with Gasteiger partial charge >= 0.3 is 0 Å². The summed E-state index contributed by atoms with van der Waals surface area (Å²) in [5.74, 6) is 0. The maximum absolute atomic E-state index is 10.8. The first kappa shape index (κ1) is 10.4. The lowest BCUT2D eigenvalue weighted by molar-refractivity contribution is 0.112. The lowest BCUT2D eigenvalue weighted by Crippen LogP contribution is -2.01. The van der Waals surface area contributed by atoms with Gasteiger partial charge in [0.2, 0.25) is 0 Å². The van der Waals surface area contributed by atoms with Crippen molar-refractivity contribution in [1.29, 1.82) is 0 Å². The molecule has 0 saturated carbocycles. The average molecular weight is 193 g/mol. The summed E-state index contributed by atoms with van der Waals surface area (Å²) >= 11 is 0. The predicted molar refractivity (Wildman–Crippen MR) is 60.5 cm³/mol. The number of hydrogen-bond donors (Lipinski definition) is 3. The molecule has 0 heterocycles. The zero-order valence-electron chi connectivity index (χ0n) is 8.64. The van der Waals surface area contributed by atoms with Crippen LogP contribution in [-0.4, -0.2) is 27.4 Å². The van der Waals surface area contributed by atoms with Crippen molar-refractivity contribution >= 4 is 23.3 Å². The van der Waals surface area contributed by atoms with Crippen molar-refractivity contribution in [2.75, 3.05) is 37.1 Å². The van der Waals surface area contributed by atoms with Gasteiger partial charge in [0.1, 0.15) is 0 Å². The van der Waals surface area contributed by atoms with Crippen LogP contribution in [0.3, 0.4) is 0 Å². The molecule has 1 aromatic carbocycles. The summed E-state index contributed by atoms with van der Waals surface area (Å²) < 4.78 is 0. The van der Waals surface area contributed by atoms with E-state index in [9.17, 15) is 4.79 Å². The number of nitrogens with one attached hydrogen (secondary N) is 3. The average Bonchev–Trinajstić information content (AvgIpc) is 2.26. The number of hydrogen-bond acceptors (Lipinski definition) is 4. The molecule has 0 bridgehead atoms. The molecule has 0 aliphatic carbocycles. The molecule has 1 rings (SSSR count). The van der Waals surface area contributed by atoms with Crippen molar-refractivity contribution in [3.05, 3.63) is 17.7 Å². The first-order valence-electron chi connectivity index (χ1n) is 4.43. The highest BCUT2D eigenvalue weighted by atomic mass is 16.1. The van der Waals surface area contributed by atoms with Gasteiger partial charge in [-0.15, -0.1) is 0 Å². The predicted octanol–water partition coefficient (Wildman–Crippen LogP) is 1.62. The summed E-state index contributed by atoms with van der Waals surface area (Å²) in [6.07, 6.45) is 0.839. The summed E-state index contributed by atoms with van der Waals surface area (Å²) in [5.41, 5.74) is 3.34. The number of aldehydes is 1. The number of carbonyl (C=O) groups excluding carboxylic acids is 1. The second kappa shape index (κ2) is 4.50. The smallest absolute Gasteiger partial charge is 0.152 e. The van der Waals surface area contributed by atoms with Crippen LogP contribution in [0.25, 0.3) is 0 Å². The molecule has 14 heavy (non-hydrogen) atoms. The molecule has 1 aromatic rings. The second-order valence-corrected chi connectivity index (χ2v) is 2.85. The Labute approximate surface area is 83.7 Å². The van der Waals surface area contributed by atoms with Gasteiger partial charge in [-0.1, -0.05) is 0 Å². The van der Waals surface area contributed by atoms with E-state index in [0.29, 0.717) is 5.56 Å². The van der Waals surface area contributed by atoms with Crippen LogP contribution < -0.4 is 16.0 Å². The molecule has 0 saturated heterocycles. The fraction of sp³-hybridized carbons (Fsp3) is 0.300. The summed E-state index contributed by atoms with van der Waals surface area (Å²) in [7, 11) is 5.46. The van der Waals surface area contributed by atoms with Crippen LogP contribution >= 0.6 is 0 Å². The van der Waals surface area contributed by atoms with E-state index >= 15 is 0 Å². The normalized spacial score (nSPS) is 9.36. The first-order valence-corrected chi connectivity index (χ1v) is 4.43. The zero-order valence-corrected chi connectivity index (χ0v) is 8.64. The van der Waals surface area contributed by atoms with Crippen LogP contribution in [0.4, 0.5) is 17.1 Å². The van der Waals surface area contributed by atoms with Gasteiger partial charge in [0.15, 0.2) is 6.29 Å². The van der Waals surface area contributed by atoms with Crippen molar-refractivity contribution in [2.24, 2.45) is 0 Å². The van der Waals surface area contributed by atoms with Crippen LogP contribution in [0, 0.1) is 0 Å². The monoisotopic (exact) mass is 193 g/mol. The Balaban J connectivity index is 3.27. The number of benzene rings is 1. The molecule has 76 valence electrons. The van der Waals surface area contributed by atoms with Gasteiger partial charge in [-0.05, 0) is 12.1 Å². The molecule has 4 nitrogen and oxygen atoms in total. The van der Waals surface area contributed by atoms with E-state index in [1.54, 1.807) is 7.05 Å². The summed E-state index contributed by atoms with van der Waals surface area (Å²) in [4.78, 5) is 10.8. The Morgan fingerprint density at radius 3 is 1.86 bits per heavy atom. The number of anilines is 3. The summed E-state index contributed by atoms with van der Waals surface area (Å²) in [5, 5.41) is 9.05. The maximum atomic E-state index is 10.8. The van der Waals surface area contributed by atoms with E-state index in [1.165, 1.54) is 0 Å². The maximum Gasteiger partial charge on any atom is 0.152 e. The largest absolute Gasteiger partial charge is 0.387 e. The highest BCUT2D eigenvalue weighted by Gasteiger charge is 2.06. The third-order valence-electron chi connectivity index (χ3n) is 2.12. The molecule has 0 aliphatic heterocycles. The molecule has 0 amide bonds. The third-order valence-corrected chi connectivity index (χ3v) is 2.12. The van der Waals surface area contributed by atoms with E-state index in [2.05, 4.69) is 16.0 Å². The Morgan fingerprint density at radius 2 is 1.43 bits per heavy atom. The van der Waals surface area contributed by atoms with E-state index < -0.39 is 0 Å². The minimum atomic E-state index is 0.649. The van der Waals surface area contributed by atoms with Crippen LogP contribution in [-0.2, 0) is 0 Å². The Hall–Kier alpha value is -1.71. The number of carbonyl (C=O) groups is 1. The molecule has 0 aromatic heterocycles. The van der Waals surface area contributed by atoms with Crippen molar-refractivity contribution in [2.45, 2.75) is 0 Å². The van der Waals surface area contributed by atoms with E-state index in [-0.39, 0.29) is 0 Å². The zero-order chi connectivity index (χ0) is 10.6. The highest BCUT2D eigenvalue weighted by Crippen LogP contribution is 2.27. The van der Waals surface area contributed by atoms with Gasteiger partial charge in [0.05, 0.1) is 11.4 Å². The fourth-order valence-corrected chi connectivity index (χ4v) is 1.34. The highest BCUT2D eigenvalue weighted by molar-refractivity contribution is 5.90. The lowest BCUT2D eigenvalue weighted by Gasteiger charge is -2.12. The standard InChI is InChI=1S/C10H15N3O/c1-11-8-5-10(13-3)9(12-2)4-7(8)6-14/h4-6,11-13H,1-3H3. The molecule has 0 spiro atoms. The summed E-state index contributed by atoms with van der Waals surface area (Å²) in [6, 6.07) is 3.71. The van der Waals surface area contributed by atoms with Gasteiger partial charge in [-0.2, -0.15) is 0 Å². The van der Waals surface area contributed by atoms with Gasteiger partial charge in [0.25, 0.3) is 0 Å².